The topological polar surface area (TPSA) is 30.5 Å². The highest BCUT2D eigenvalue weighted by molar-refractivity contribution is 5.29. The number of ether oxygens (including phenoxy) is 2. The van der Waals surface area contributed by atoms with Crippen molar-refractivity contribution in [1.29, 1.82) is 0 Å². The Morgan fingerprint density at radius 1 is 1.47 bits per heavy atom. The molecular formula is C16H25NO2. The van der Waals surface area contributed by atoms with Crippen LogP contribution in [0.5, 0.6) is 5.75 Å². The van der Waals surface area contributed by atoms with Crippen LogP contribution in [-0.2, 0) is 11.2 Å². The van der Waals surface area contributed by atoms with E-state index in [2.05, 4.69) is 37.5 Å². The summed E-state index contributed by atoms with van der Waals surface area (Å²) in [6.07, 6.45) is 3.69. The third kappa shape index (κ3) is 3.48. The molecular weight excluding hydrogens is 238 g/mol. The lowest BCUT2D eigenvalue weighted by atomic mass is 9.87. The normalized spacial score (nSPS) is 24.4. The van der Waals surface area contributed by atoms with Crippen molar-refractivity contribution in [3.8, 4) is 5.75 Å². The van der Waals surface area contributed by atoms with E-state index in [9.17, 15) is 0 Å². The Kier molecular flexibility index (Phi) is 5.23. The SMILES string of the molecule is CCC1OCCC1C(Cc1cccc(OC)c1)NC. The Morgan fingerprint density at radius 3 is 3.00 bits per heavy atom. The fourth-order valence-corrected chi connectivity index (χ4v) is 3.07. The van der Waals surface area contributed by atoms with Crippen molar-refractivity contribution in [2.75, 3.05) is 20.8 Å². The fourth-order valence-electron chi connectivity index (χ4n) is 3.07. The lowest BCUT2D eigenvalue weighted by Gasteiger charge is -2.27. The van der Waals surface area contributed by atoms with Gasteiger partial charge in [0.05, 0.1) is 13.2 Å². The van der Waals surface area contributed by atoms with E-state index in [1.807, 2.05) is 6.07 Å². The number of rotatable bonds is 6. The molecule has 0 saturated carbocycles. The van der Waals surface area contributed by atoms with Gasteiger partial charge in [0.2, 0.25) is 0 Å². The second-order valence-corrected chi connectivity index (χ2v) is 5.22. The molecule has 19 heavy (non-hydrogen) atoms. The molecule has 3 atom stereocenters. The van der Waals surface area contributed by atoms with Gasteiger partial charge < -0.3 is 14.8 Å². The van der Waals surface area contributed by atoms with E-state index in [0.717, 1.165) is 31.6 Å². The van der Waals surface area contributed by atoms with Crippen LogP contribution in [0.15, 0.2) is 24.3 Å². The van der Waals surface area contributed by atoms with Crippen molar-refractivity contribution in [3.05, 3.63) is 29.8 Å². The van der Waals surface area contributed by atoms with E-state index in [-0.39, 0.29) is 0 Å². The molecule has 0 aromatic heterocycles. The third-order valence-corrected chi connectivity index (χ3v) is 4.14. The summed E-state index contributed by atoms with van der Waals surface area (Å²) in [6, 6.07) is 8.82. The van der Waals surface area contributed by atoms with Gasteiger partial charge in [-0.2, -0.15) is 0 Å². The molecule has 0 spiro atoms. The largest absolute Gasteiger partial charge is 0.497 e. The highest BCUT2D eigenvalue weighted by atomic mass is 16.5. The molecule has 1 aromatic rings. The molecule has 106 valence electrons. The van der Waals surface area contributed by atoms with Gasteiger partial charge in [0.15, 0.2) is 0 Å². The smallest absolute Gasteiger partial charge is 0.119 e. The summed E-state index contributed by atoms with van der Waals surface area (Å²) < 4.78 is 11.1. The molecule has 3 heteroatoms. The summed E-state index contributed by atoms with van der Waals surface area (Å²) in [7, 11) is 3.77. The van der Waals surface area contributed by atoms with Gasteiger partial charge in [-0.1, -0.05) is 19.1 Å². The molecule has 3 unspecified atom stereocenters. The molecule has 3 nitrogen and oxygen atoms in total. The summed E-state index contributed by atoms with van der Waals surface area (Å²) in [6.45, 7) is 3.11. The third-order valence-electron chi connectivity index (χ3n) is 4.14. The van der Waals surface area contributed by atoms with Gasteiger partial charge in [-0.05, 0) is 44.0 Å². The summed E-state index contributed by atoms with van der Waals surface area (Å²) in [5.74, 6) is 1.54. The van der Waals surface area contributed by atoms with Crippen molar-refractivity contribution in [1.82, 2.24) is 5.32 Å². The van der Waals surface area contributed by atoms with E-state index >= 15 is 0 Å². The van der Waals surface area contributed by atoms with Crippen molar-refractivity contribution in [2.45, 2.75) is 38.3 Å². The van der Waals surface area contributed by atoms with Gasteiger partial charge in [-0.15, -0.1) is 0 Å². The van der Waals surface area contributed by atoms with Crippen molar-refractivity contribution < 1.29 is 9.47 Å². The second kappa shape index (κ2) is 6.92. The summed E-state index contributed by atoms with van der Waals surface area (Å²) in [5.41, 5.74) is 1.32. The number of nitrogens with one attached hydrogen (secondary N) is 1. The zero-order valence-electron chi connectivity index (χ0n) is 12.2. The predicted molar refractivity (Wildman–Crippen MR) is 77.7 cm³/mol. The van der Waals surface area contributed by atoms with Gasteiger partial charge in [0.25, 0.3) is 0 Å². The van der Waals surface area contributed by atoms with E-state index in [1.165, 1.54) is 5.56 Å². The number of hydrogen-bond donors (Lipinski definition) is 1. The first-order valence-corrected chi connectivity index (χ1v) is 7.20. The van der Waals surface area contributed by atoms with Gasteiger partial charge in [-0.3, -0.25) is 0 Å². The zero-order chi connectivity index (χ0) is 13.7. The lowest BCUT2D eigenvalue weighted by molar-refractivity contribution is 0.0783. The molecule has 0 aliphatic carbocycles. The van der Waals surface area contributed by atoms with Crippen molar-refractivity contribution in [2.24, 2.45) is 5.92 Å². The van der Waals surface area contributed by atoms with E-state index < -0.39 is 0 Å². The number of benzene rings is 1. The predicted octanol–water partition coefficient (Wildman–Crippen LogP) is 2.64. The van der Waals surface area contributed by atoms with Crippen LogP contribution in [0.25, 0.3) is 0 Å². The first-order valence-electron chi connectivity index (χ1n) is 7.20. The minimum atomic E-state index is 0.406. The zero-order valence-corrected chi connectivity index (χ0v) is 12.2. The Morgan fingerprint density at radius 2 is 2.32 bits per heavy atom. The summed E-state index contributed by atoms with van der Waals surface area (Å²) >= 11 is 0. The molecule has 1 heterocycles. The fraction of sp³-hybridized carbons (Fsp3) is 0.625. The summed E-state index contributed by atoms with van der Waals surface area (Å²) in [4.78, 5) is 0. The maximum Gasteiger partial charge on any atom is 0.119 e. The maximum absolute atomic E-state index is 5.82. The van der Waals surface area contributed by atoms with E-state index in [0.29, 0.717) is 18.1 Å². The molecule has 0 amide bonds. The molecule has 2 rings (SSSR count). The van der Waals surface area contributed by atoms with E-state index in [1.54, 1.807) is 7.11 Å². The maximum atomic E-state index is 5.82. The van der Waals surface area contributed by atoms with Crippen LogP contribution in [0, 0.1) is 5.92 Å². The Hall–Kier alpha value is -1.06. The number of likely N-dealkylation sites (N-methyl/N-ethyl adjacent to an activating group) is 1. The van der Waals surface area contributed by atoms with Gasteiger partial charge in [0, 0.05) is 18.6 Å². The molecule has 0 radical (unpaired) electrons. The number of hydrogen-bond acceptors (Lipinski definition) is 3. The molecule has 1 aliphatic rings. The number of methoxy groups -OCH3 is 1. The molecule has 1 fully saturated rings. The molecule has 1 aliphatic heterocycles. The monoisotopic (exact) mass is 263 g/mol. The van der Waals surface area contributed by atoms with Crippen LogP contribution >= 0.6 is 0 Å². The van der Waals surface area contributed by atoms with Crippen LogP contribution in [0.1, 0.15) is 25.3 Å². The average molecular weight is 263 g/mol. The van der Waals surface area contributed by atoms with Gasteiger partial charge in [-0.25, -0.2) is 0 Å². The molecule has 0 bridgehead atoms. The van der Waals surface area contributed by atoms with Gasteiger partial charge >= 0.3 is 0 Å². The van der Waals surface area contributed by atoms with Crippen LogP contribution in [0.3, 0.4) is 0 Å². The molecule has 1 aromatic carbocycles. The van der Waals surface area contributed by atoms with Crippen LogP contribution < -0.4 is 10.1 Å². The Bertz CT molecular complexity index is 394. The minimum Gasteiger partial charge on any atom is -0.497 e. The van der Waals surface area contributed by atoms with Crippen LogP contribution in [0.4, 0.5) is 0 Å². The van der Waals surface area contributed by atoms with Crippen molar-refractivity contribution >= 4 is 0 Å². The lowest BCUT2D eigenvalue weighted by Crippen LogP contribution is -2.39. The minimum absolute atomic E-state index is 0.406. The standard InChI is InChI=1S/C16H25NO2/c1-4-16-14(8-9-19-16)15(17-2)11-12-6-5-7-13(10-12)18-3/h5-7,10,14-17H,4,8-9,11H2,1-3H3. The second-order valence-electron chi connectivity index (χ2n) is 5.22. The average Bonchev–Trinajstić information content (AvgIpc) is 2.93. The van der Waals surface area contributed by atoms with E-state index in [4.69, 9.17) is 9.47 Å². The van der Waals surface area contributed by atoms with Crippen LogP contribution in [0.2, 0.25) is 0 Å². The molecule has 1 saturated heterocycles. The molecule has 1 N–H and O–H groups in total. The quantitative estimate of drug-likeness (QED) is 0.856. The van der Waals surface area contributed by atoms with Crippen LogP contribution in [-0.4, -0.2) is 32.9 Å². The van der Waals surface area contributed by atoms with Crippen molar-refractivity contribution in [3.63, 3.8) is 0 Å². The summed E-state index contributed by atoms with van der Waals surface area (Å²) in [5, 5.41) is 3.47. The van der Waals surface area contributed by atoms with Gasteiger partial charge in [0.1, 0.15) is 5.75 Å². The first-order chi connectivity index (χ1) is 9.28. The Balaban J connectivity index is 2.05. The Labute approximate surface area is 116 Å². The highest BCUT2D eigenvalue weighted by Crippen LogP contribution is 2.28. The first kappa shape index (κ1) is 14.4. The highest BCUT2D eigenvalue weighted by Gasteiger charge is 2.32.